The Hall–Kier alpha value is -3.49. The van der Waals surface area contributed by atoms with Crippen molar-refractivity contribution in [1.29, 1.82) is 0 Å². The number of carbonyl (C=O) groups is 1. The first kappa shape index (κ1) is 23.2. The third-order valence-electron chi connectivity index (χ3n) is 4.80. The molecule has 0 bridgehead atoms. The van der Waals surface area contributed by atoms with E-state index >= 15 is 0 Å². The summed E-state index contributed by atoms with van der Waals surface area (Å²) in [6.45, 7) is 3.03. The van der Waals surface area contributed by atoms with Crippen LogP contribution in [0.2, 0.25) is 0 Å². The van der Waals surface area contributed by atoms with Gasteiger partial charge in [0, 0.05) is 23.1 Å². The molecule has 168 valence electrons. The fraction of sp³-hybridized carbons (Fsp3) is 0.292. The van der Waals surface area contributed by atoms with Gasteiger partial charge in [-0.05, 0) is 18.1 Å². The van der Waals surface area contributed by atoms with Gasteiger partial charge in [0.25, 0.3) is 0 Å². The minimum Gasteiger partial charge on any atom is -0.394 e. The van der Waals surface area contributed by atoms with Gasteiger partial charge >= 0.3 is 0 Å². The Morgan fingerprint density at radius 2 is 1.94 bits per heavy atom. The number of aliphatic hydroxyl groups is 1. The predicted molar refractivity (Wildman–Crippen MR) is 123 cm³/mol. The van der Waals surface area contributed by atoms with Gasteiger partial charge in [-0.3, -0.25) is 15.1 Å². The largest absolute Gasteiger partial charge is 0.394 e. The van der Waals surface area contributed by atoms with E-state index in [1.807, 2.05) is 61.5 Å². The van der Waals surface area contributed by atoms with Crippen LogP contribution >= 0.6 is 0 Å². The molecule has 0 fully saturated rings. The van der Waals surface area contributed by atoms with Crippen LogP contribution in [0.15, 0.2) is 70.2 Å². The molecule has 32 heavy (non-hydrogen) atoms. The number of aliphatic hydroxyl groups excluding tert-OH is 1. The lowest BCUT2D eigenvalue weighted by molar-refractivity contribution is 0.0978. The second-order valence-electron chi connectivity index (χ2n) is 7.34. The van der Waals surface area contributed by atoms with Gasteiger partial charge in [-0.25, -0.2) is 0 Å². The molecule has 0 spiro atoms. The average Bonchev–Trinajstić information content (AvgIpc) is 3.28. The second-order valence-corrected chi connectivity index (χ2v) is 7.34. The smallest absolute Gasteiger partial charge is 0.231 e. The topological polar surface area (TPSA) is 123 Å². The van der Waals surface area contributed by atoms with Crippen molar-refractivity contribution in [2.75, 3.05) is 31.7 Å². The van der Waals surface area contributed by atoms with Gasteiger partial charge < -0.3 is 20.1 Å². The number of nitrogens with one attached hydrogen (secondary N) is 1. The van der Waals surface area contributed by atoms with Crippen molar-refractivity contribution >= 4 is 17.6 Å². The normalized spacial score (nSPS) is 12.5. The monoisotopic (exact) mass is 436 g/mol. The van der Waals surface area contributed by atoms with Crippen molar-refractivity contribution in [1.82, 2.24) is 5.16 Å². The molecule has 8 nitrogen and oxygen atoms in total. The minimum atomic E-state index is -0.0237. The van der Waals surface area contributed by atoms with Crippen LogP contribution in [0.1, 0.15) is 40.0 Å². The molecule has 0 amide bonds. The van der Waals surface area contributed by atoms with E-state index in [0.29, 0.717) is 36.6 Å². The van der Waals surface area contributed by atoms with Crippen LogP contribution in [-0.4, -0.2) is 48.4 Å². The van der Waals surface area contributed by atoms with Crippen LogP contribution in [0.5, 0.6) is 0 Å². The number of anilines is 1. The molecule has 0 aliphatic heterocycles. The number of benzene rings is 2. The van der Waals surface area contributed by atoms with Crippen molar-refractivity contribution in [3.05, 3.63) is 83.0 Å². The van der Waals surface area contributed by atoms with E-state index < -0.39 is 0 Å². The molecule has 0 radical (unpaired) electrons. The SMILES string of the molecule is CC(Cc1cccc(C(=O)c2ccccc2)c1)c1cc(NC(N)=NCCOCCO)on1. The first-order chi connectivity index (χ1) is 15.6. The van der Waals surface area contributed by atoms with Gasteiger partial charge in [-0.15, -0.1) is 0 Å². The first-order valence-corrected chi connectivity index (χ1v) is 10.5. The molecule has 3 rings (SSSR count). The van der Waals surface area contributed by atoms with Gasteiger partial charge in [0.15, 0.2) is 11.7 Å². The predicted octanol–water partition coefficient (Wildman–Crippen LogP) is 2.99. The Labute approximate surface area is 187 Å². The third kappa shape index (κ3) is 6.76. The molecule has 3 aromatic rings. The van der Waals surface area contributed by atoms with E-state index in [1.165, 1.54) is 0 Å². The molecule has 1 atom stereocenters. The molecule has 0 aliphatic carbocycles. The quantitative estimate of drug-likeness (QED) is 0.183. The Bertz CT molecular complexity index is 1030. The van der Waals surface area contributed by atoms with Crippen molar-refractivity contribution in [2.45, 2.75) is 19.3 Å². The van der Waals surface area contributed by atoms with E-state index in [2.05, 4.69) is 15.5 Å². The number of aliphatic imine (C=N–C) groups is 1. The zero-order valence-electron chi connectivity index (χ0n) is 18.0. The Balaban J connectivity index is 1.57. The highest BCUT2D eigenvalue weighted by Gasteiger charge is 2.15. The Morgan fingerprint density at radius 1 is 1.16 bits per heavy atom. The summed E-state index contributed by atoms with van der Waals surface area (Å²) >= 11 is 0. The lowest BCUT2D eigenvalue weighted by atomic mass is 9.95. The molecule has 0 saturated carbocycles. The molecule has 0 aliphatic rings. The van der Waals surface area contributed by atoms with Crippen LogP contribution in [-0.2, 0) is 11.2 Å². The number of nitrogens with two attached hydrogens (primary N) is 1. The van der Waals surface area contributed by atoms with Gasteiger partial charge in [-0.1, -0.05) is 60.6 Å². The van der Waals surface area contributed by atoms with E-state index in [9.17, 15) is 4.79 Å². The fourth-order valence-electron chi connectivity index (χ4n) is 3.20. The van der Waals surface area contributed by atoms with Gasteiger partial charge in [0.2, 0.25) is 5.88 Å². The molecule has 0 saturated heterocycles. The van der Waals surface area contributed by atoms with E-state index in [0.717, 1.165) is 11.3 Å². The van der Waals surface area contributed by atoms with Crippen molar-refractivity contribution < 1.29 is 19.2 Å². The number of aromatic nitrogens is 1. The van der Waals surface area contributed by atoms with E-state index in [-0.39, 0.29) is 30.9 Å². The summed E-state index contributed by atoms with van der Waals surface area (Å²) in [4.78, 5) is 16.8. The fourth-order valence-corrected chi connectivity index (χ4v) is 3.20. The minimum absolute atomic E-state index is 0.00421. The Morgan fingerprint density at radius 3 is 2.72 bits per heavy atom. The lowest BCUT2D eigenvalue weighted by Gasteiger charge is -2.09. The zero-order chi connectivity index (χ0) is 22.8. The summed E-state index contributed by atoms with van der Waals surface area (Å²) in [7, 11) is 0. The molecule has 2 aromatic carbocycles. The number of hydrogen-bond acceptors (Lipinski definition) is 6. The molecule has 1 unspecified atom stereocenters. The van der Waals surface area contributed by atoms with E-state index in [1.54, 1.807) is 6.07 Å². The summed E-state index contributed by atoms with van der Waals surface area (Å²) in [6, 6.07) is 18.7. The van der Waals surface area contributed by atoms with Crippen LogP contribution in [0.25, 0.3) is 0 Å². The molecule has 1 heterocycles. The molecular formula is C24H28N4O4. The van der Waals surface area contributed by atoms with Crippen molar-refractivity contribution in [3.8, 4) is 0 Å². The molecule has 1 aromatic heterocycles. The van der Waals surface area contributed by atoms with Gasteiger partial charge in [0.1, 0.15) is 0 Å². The first-order valence-electron chi connectivity index (χ1n) is 10.5. The highest BCUT2D eigenvalue weighted by molar-refractivity contribution is 6.09. The van der Waals surface area contributed by atoms with Crippen LogP contribution < -0.4 is 11.1 Å². The molecule has 8 heteroatoms. The number of carbonyl (C=O) groups excluding carboxylic acids is 1. The molecule has 4 N–H and O–H groups in total. The maximum atomic E-state index is 12.7. The van der Waals surface area contributed by atoms with Crippen LogP contribution in [0, 0.1) is 0 Å². The highest BCUT2D eigenvalue weighted by atomic mass is 16.5. The maximum Gasteiger partial charge on any atom is 0.231 e. The Kier molecular flexibility index (Phi) is 8.53. The third-order valence-corrected chi connectivity index (χ3v) is 4.80. The van der Waals surface area contributed by atoms with Crippen molar-refractivity contribution in [3.63, 3.8) is 0 Å². The number of ether oxygens (including phenoxy) is 1. The zero-order valence-corrected chi connectivity index (χ0v) is 18.0. The maximum absolute atomic E-state index is 12.7. The number of hydrogen-bond donors (Lipinski definition) is 3. The number of rotatable bonds is 11. The summed E-state index contributed by atoms with van der Waals surface area (Å²) in [5.74, 6) is 0.670. The van der Waals surface area contributed by atoms with Gasteiger partial charge in [0.05, 0.1) is 32.1 Å². The lowest BCUT2D eigenvalue weighted by Crippen LogP contribution is -2.23. The van der Waals surface area contributed by atoms with Crippen molar-refractivity contribution in [2.24, 2.45) is 10.7 Å². The number of guanidine groups is 1. The molecular weight excluding hydrogens is 408 g/mol. The van der Waals surface area contributed by atoms with Gasteiger partial charge in [-0.2, -0.15) is 0 Å². The number of nitrogens with zero attached hydrogens (tertiary/aromatic N) is 2. The summed E-state index contributed by atoms with van der Waals surface area (Å²) < 4.78 is 10.4. The standard InChI is InChI=1S/C24H28N4O4/c1-17(21-16-22(32-28-21)27-24(25)26-10-12-31-13-11-29)14-18-6-5-9-20(15-18)23(30)19-7-3-2-4-8-19/h2-9,15-17,29H,10-14H2,1H3,(H3,25,26,27). The average molecular weight is 437 g/mol. The van der Waals surface area contributed by atoms with Crippen LogP contribution in [0.4, 0.5) is 5.88 Å². The summed E-state index contributed by atoms with van der Waals surface area (Å²) in [6.07, 6.45) is 0.702. The van der Waals surface area contributed by atoms with Crippen LogP contribution in [0.3, 0.4) is 0 Å². The number of ketones is 1. The highest BCUT2D eigenvalue weighted by Crippen LogP contribution is 2.23. The van der Waals surface area contributed by atoms with E-state index in [4.69, 9.17) is 20.1 Å². The second kappa shape index (κ2) is 11.8. The summed E-state index contributed by atoms with van der Waals surface area (Å²) in [5, 5.41) is 15.6. The summed E-state index contributed by atoms with van der Waals surface area (Å²) in [5.41, 5.74) is 8.98.